The number of hydrogen-bond donors (Lipinski definition) is 1. The molecule has 272 valence electrons. The Kier molecular flexibility index (Phi) is 10.3. The molecule has 1 spiro atoms. The fourth-order valence-electron chi connectivity index (χ4n) is 8.42. The number of amides is 3. The third-order valence-electron chi connectivity index (χ3n) is 11.3. The minimum atomic E-state index is -1.36. The van der Waals surface area contributed by atoms with Crippen molar-refractivity contribution < 1.29 is 33.8 Å². The number of hydrogen-bond acceptors (Lipinski definition) is 7. The Labute approximate surface area is 304 Å². The zero-order chi connectivity index (χ0) is 36.4. The van der Waals surface area contributed by atoms with E-state index in [1.165, 1.54) is 0 Å². The molecule has 0 unspecified atom stereocenters. The normalized spacial score (nSPS) is 29.9. The van der Waals surface area contributed by atoms with Crippen LogP contribution in [0, 0.1) is 11.8 Å². The second kappa shape index (κ2) is 15.0. The predicted octanol–water partition coefficient (Wildman–Crippen LogP) is 5.36. The molecule has 7 rings (SSSR count). The summed E-state index contributed by atoms with van der Waals surface area (Å²) in [5, 5.41) is 11.3. The van der Waals surface area contributed by atoms with Crippen LogP contribution in [0.5, 0.6) is 0 Å². The maximum absolute atomic E-state index is 15.2. The highest BCUT2D eigenvalue weighted by molar-refractivity contribution is 6.06. The van der Waals surface area contributed by atoms with Gasteiger partial charge in [0.25, 0.3) is 5.91 Å². The van der Waals surface area contributed by atoms with Crippen molar-refractivity contribution in [3.05, 3.63) is 103 Å². The summed E-state index contributed by atoms with van der Waals surface area (Å²) in [5.41, 5.74) is 0.0434. The van der Waals surface area contributed by atoms with Gasteiger partial charge in [-0.15, -0.1) is 0 Å². The number of aliphatic hydroxyl groups excluding tert-OH is 1. The molecule has 10 nitrogen and oxygen atoms in total. The van der Waals surface area contributed by atoms with Gasteiger partial charge in [-0.3, -0.25) is 19.2 Å². The van der Waals surface area contributed by atoms with E-state index in [-0.39, 0.29) is 37.3 Å². The number of esters is 1. The second-order valence-electron chi connectivity index (χ2n) is 14.4. The van der Waals surface area contributed by atoms with Gasteiger partial charge >= 0.3 is 5.97 Å². The van der Waals surface area contributed by atoms with Crippen LogP contribution in [0.2, 0.25) is 0 Å². The van der Waals surface area contributed by atoms with Crippen LogP contribution in [0.1, 0.15) is 57.1 Å². The van der Waals surface area contributed by atoms with Gasteiger partial charge in [-0.2, -0.15) is 0 Å². The molecule has 10 heteroatoms. The van der Waals surface area contributed by atoms with Crippen LogP contribution in [-0.4, -0.2) is 89.1 Å². The number of carbonyl (C=O) groups excluding carboxylic acids is 4. The van der Waals surface area contributed by atoms with Crippen LogP contribution >= 0.6 is 0 Å². The Morgan fingerprint density at radius 3 is 2.40 bits per heavy atom. The van der Waals surface area contributed by atoms with Gasteiger partial charge < -0.3 is 29.3 Å². The average molecular weight is 706 g/mol. The second-order valence-corrected chi connectivity index (χ2v) is 14.4. The molecule has 0 saturated carbocycles. The Balaban J connectivity index is 1.31. The van der Waals surface area contributed by atoms with Crippen LogP contribution in [0.15, 0.2) is 97.1 Å². The number of cyclic esters (lactones) is 1. The third kappa shape index (κ3) is 6.43. The van der Waals surface area contributed by atoms with Gasteiger partial charge in [-0.1, -0.05) is 97.8 Å². The van der Waals surface area contributed by atoms with Crippen molar-refractivity contribution in [1.82, 2.24) is 9.80 Å². The number of allylic oxidation sites excluding steroid dienone is 1. The molecule has 3 aromatic carbocycles. The van der Waals surface area contributed by atoms with Gasteiger partial charge in [0.15, 0.2) is 0 Å². The molecule has 2 saturated heterocycles. The molecule has 7 atom stereocenters. The number of ether oxygens (including phenoxy) is 2. The molecule has 3 aromatic rings. The van der Waals surface area contributed by atoms with Gasteiger partial charge in [0.2, 0.25) is 11.8 Å². The molecule has 4 aliphatic heterocycles. The first-order valence-electron chi connectivity index (χ1n) is 18.5. The van der Waals surface area contributed by atoms with Crippen molar-refractivity contribution in [2.45, 2.75) is 75.3 Å². The molecule has 2 fully saturated rings. The van der Waals surface area contributed by atoms with Crippen molar-refractivity contribution in [1.29, 1.82) is 0 Å². The Morgan fingerprint density at radius 1 is 0.865 bits per heavy atom. The molecule has 3 amide bonds. The fourth-order valence-corrected chi connectivity index (χ4v) is 8.42. The minimum absolute atomic E-state index is 0.0968. The first-order chi connectivity index (χ1) is 25.2. The lowest BCUT2D eigenvalue weighted by Gasteiger charge is -2.36. The summed E-state index contributed by atoms with van der Waals surface area (Å²) >= 11 is 0. The molecule has 0 aromatic heterocycles. The summed E-state index contributed by atoms with van der Waals surface area (Å²) in [6.45, 7) is 2.48. The average Bonchev–Trinajstić information content (AvgIpc) is 3.81. The summed E-state index contributed by atoms with van der Waals surface area (Å²) in [5.74, 6) is -3.24. The van der Waals surface area contributed by atoms with E-state index in [2.05, 4.69) is 0 Å². The highest BCUT2D eigenvalue weighted by Gasteiger charge is 2.73. The van der Waals surface area contributed by atoms with Crippen LogP contribution in [0.4, 0.5) is 5.69 Å². The van der Waals surface area contributed by atoms with Crippen molar-refractivity contribution >= 4 is 40.2 Å². The minimum Gasteiger partial charge on any atom is -0.455 e. The number of aliphatic hydroxyl groups is 1. The lowest BCUT2D eigenvalue weighted by molar-refractivity contribution is -0.164. The molecule has 5 bridgehead atoms. The molecule has 52 heavy (non-hydrogen) atoms. The van der Waals surface area contributed by atoms with Gasteiger partial charge in [0.05, 0.1) is 18.1 Å². The summed E-state index contributed by atoms with van der Waals surface area (Å²) < 4.78 is 13.0. The molecule has 0 radical (unpaired) electrons. The van der Waals surface area contributed by atoms with E-state index < -0.39 is 47.7 Å². The summed E-state index contributed by atoms with van der Waals surface area (Å²) in [4.78, 5) is 62.7. The van der Waals surface area contributed by atoms with Gasteiger partial charge in [-0.05, 0) is 54.7 Å². The van der Waals surface area contributed by atoms with E-state index in [0.717, 1.165) is 29.2 Å². The van der Waals surface area contributed by atoms with Crippen LogP contribution in [-0.2, 0) is 28.7 Å². The van der Waals surface area contributed by atoms with E-state index in [9.17, 15) is 19.5 Å². The van der Waals surface area contributed by atoms with Crippen LogP contribution in [0.25, 0.3) is 10.8 Å². The number of rotatable bonds is 8. The summed E-state index contributed by atoms with van der Waals surface area (Å²) in [6, 6.07) is 21.6. The SMILES string of the molecule is C[C@@H]1[C@@H](c2ccccc2)OC(=O)[C@@H]2[C@@H]3C=C[C@]4(O3)[C@H](C(=O)N(c3ccc5ccccc5c3)C/C=C\CCC(=O)N1C)N(CCCCCCO)C(=O)[C@@H]24. The number of fused-ring (bicyclic) bond motifs is 3. The Morgan fingerprint density at radius 2 is 1.62 bits per heavy atom. The van der Waals surface area contributed by atoms with Crippen molar-refractivity contribution in [3.63, 3.8) is 0 Å². The van der Waals surface area contributed by atoms with Crippen LogP contribution < -0.4 is 4.90 Å². The van der Waals surface area contributed by atoms with Crippen molar-refractivity contribution in [2.24, 2.45) is 11.8 Å². The van der Waals surface area contributed by atoms with E-state index in [1.54, 1.807) is 27.8 Å². The highest BCUT2D eigenvalue weighted by Crippen LogP contribution is 2.56. The van der Waals surface area contributed by atoms with E-state index in [1.807, 2.05) is 97.9 Å². The number of unbranched alkanes of at least 4 members (excludes halogenated alkanes) is 3. The van der Waals surface area contributed by atoms with Crippen LogP contribution in [0.3, 0.4) is 0 Å². The Bertz CT molecular complexity index is 1880. The predicted molar refractivity (Wildman–Crippen MR) is 197 cm³/mol. The number of anilines is 1. The number of benzene rings is 3. The first-order valence-corrected chi connectivity index (χ1v) is 18.5. The lowest BCUT2D eigenvalue weighted by Crippen LogP contribution is -2.56. The number of likely N-dealkylation sites (tertiary alicyclic amines) is 1. The molecular formula is C42H47N3O7. The number of likely N-dealkylation sites (N-methyl/N-ethyl adjacent to an activating group) is 1. The highest BCUT2D eigenvalue weighted by atomic mass is 16.6. The molecular weight excluding hydrogens is 658 g/mol. The number of carbonyl (C=O) groups is 4. The third-order valence-corrected chi connectivity index (χ3v) is 11.3. The van der Waals surface area contributed by atoms with Crippen molar-refractivity contribution in [3.8, 4) is 0 Å². The smallest absolute Gasteiger partial charge is 0.313 e. The zero-order valence-electron chi connectivity index (χ0n) is 29.8. The lowest BCUT2D eigenvalue weighted by atomic mass is 9.74. The number of nitrogens with zero attached hydrogens (tertiary/aromatic N) is 3. The van der Waals surface area contributed by atoms with Gasteiger partial charge in [0.1, 0.15) is 23.7 Å². The first kappa shape index (κ1) is 35.6. The van der Waals surface area contributed by atoms with Gasteiger partial charge in [-0.25, -0.2) is 0 Å². The van der Waals surface area contributed by atoms with E-state index in [0.29, 0.717) is 31.5 Å². The quantitative estimate of drug-likeness (QED) is 0.191. The molecule has 1 N–H and O–H groups in total. The van der Waals surface area contributed by atoms with E-state index >= 15 is 4.79 Å². The van der Waals surface area contributed by atoms with Gasteiger partial charge in [0, 0.05) is 38.9 Å². The molecule has 4 aliphatic rings. The maximum atomic E-state index is 15.2. The molecule has 0 aliphatic carbocycles. The fraction of sp³-hybridized carbons (Fsp3) is 0.429. The topological polar surface area (TPSA) is 117 Å². The maximum Gasteiger partial charge on any atom is 0.313 e. The standard InChI is InChI=1S/C42H47N3O7/c1-28-37(30-16-7-5-8-17-30)51-41(50)35-33-22-23-42(52-33)36(35)39(48)45(25-12-3-4-14-26-46)38(42)40(49)44(24-13-6-9-19-34(47)43(28)2)32-21-20-29-15-10-11-18-31(29)27-32/h5-8,10-11,13,15-18,20-23,27-28,33,35-38,46H,3-4,9,12,14,19,24-26H2,1-2H3/b13-6-/t28-,33+,35-,36-,37+,38+,42-/m1/s1. The largest absolute Gasteiger partial charge is 0.455 e. The zero-order valence-corrected chi connectivity index (χ0v) is 29.8. The summed E-state index contributed by atoms with van der Waals surface area (Å²) in [7, 11) is 1.72. The summed E-state index contributed by atoms with van der Waals surface area (Å²) in [6.07, 6.45) is 9.44. The van der Waals surface area contributed by atoms with E-state index in [4.69, 9.17) is 9.47 Å². The monoisotopic (exact) mass is 705 g/mol. The Hall–Kier alpha value is -4.80. The molecule has 4 heterocycles. The van der Waals surface area contributed by atoms with Crippen molar-refractivity contribution in [2.75, 3.05) is 31.6 Å².